The largest absolute Gasteiger partial charge is 0.508 e. The third-order valence-corrected chi connectivity index (χ3v) is 3.37. The molecular formula is C13H18N2O2. The highest BCUT2D eigenvalue weighted by Gasteiger charge is 2.41. The Balaban J connectivity index is 1.99. The van der Waals surface area contributed by atoms with Gasteiger partial charge in [-0.05, 0) is 37.0 Å². The molecule has 0 aromatic heterocycles. The Morgan fingerprint density at radius 3 is 2.47 bits per heavy atom. The Labute approximate surface area is 101 Å². The molecule has 0 heterocycles. The molecule has 1 saturated carbocycles. The molecule has 1 aromatic rings. The maximum atomic E-state index is 12.1. The van der Waals surface area contributed by atoms with Gasteiger partial charge in [0, 0.05) is 13.6 Å². The second-order valence-electron chi connectivity index (χ2n) is 4.84. The van der Waals surface area contributed by atoms with Gasteiger partial charge in [0.1, 0.15) is 5.75 Å². The topological polar surface area (TPSA) is 66.6 Å². The fourth-order valence-electron chi connectivity index (χ4n) is 2.10. The third-order valence-electron chi connectivity index (χ3n) is 3.37. The van der Waals surface area contributed by atoms with Crippen LogP contribution in [-0.2, 0) is 11.3 Å². The lowest BCUT2D eigenvalue weighted by atomic mass is 9.76. The van der Waals surface area contributed by atoms with Crippen LogP contribution in [0.15, 0.2) is 24.3 Å². The summed E-state index contributed by atoms with van der Waals surface area (Å²) >= 11 is 0. The van der Waals surface area contributed by atoms with Gasteiger partial charge in [0.15, 0.2) is 0 Å². The molecule has 0 atom stereocenters. The zero-order chi connectivity index (χ0) is 12.5. The highest BCUT2D eigenvalue weighted by Crippen LogP contribution is 2.31. The van der Waals surface area contributed by atoms with Crippen molar-refractivity contribution in [3.05, 3.63) is 29.8 Å². The highest BCUT2D eigenvalue weighted by atomic mass is 16.3. The molecule has 1 aliphatic carbocycles. The molecule has 4 heteroatoms. The van der Waals surface area contributed by atoms with Gasteiger partial charge in [-0.1, -0.05) is 12.1 Å². The molecule has 0 aliphatic heterocycles. The zero-order valence-corrected chi connectivity index (χ0v) is 10.0. The summed E-state index contributed by atoms with van der Waals surface area (Å²) in [6.07, 6.45) is 2.60. The van der Waals surface area contributed by atoms with E-state index in [1.807, 2.05) is 12.1 Å². The maximum Gasteiger partial charge on any atom is 0.242 e. The van der Waals surface area contributed by atoms with Crippen LogP contribution >= 0.6 is 0 Å². The number of hydrogen-bond donors (Lipinski definition) is 2. The number of nitrogens with zero attached hydrogens (tertiary/aromatic N) is 1. The van der Waals surface area contributed by atoms with Crippen molar-refractivity contribution >= 4 is 5.91 Å². The third kappa shape index (κ3) is 2.42. The van der Waals surface area contributed by atoms with Gasteiger partial charge < -0.3 is 15.7 Å². The average molecular weight is 234 g/mol. The van der Waals surface area contributed by atoms with E-state index in [0.717, 1.165) is 24.8 Å². The molecule has 17 heavy (non-hydrogen) atoms. The predicted molar refractivity (Wildman–Crippen MR) is 65.4 cm³/mol. The van der Waals surface area contributed by atoms with E-state index < -0.39 is 5.54 Å². The number of carbonyl (C=O) groups excluding carboxylic acids is 1. The maximum absolute atomic E-state index is 12.1. The number of hydrogen-bond acceptors (Lipinski definition) is 3. The van der Waals surface area contributed by atoms with Crippen molar-refractivity contribution in [3.63, 3.8) is 0 Å². The Morgan fingerprint density at radius 2 is 2.00 bits per heavy atom. The molecule has 1 aromatic carbocycles. The van der Waals surface area contributed by atoms with E-state index in [-0.39, 0.29) is 11.7 Å². The van der Waals surface area contributed by atoms with Gasteiger partial charge in [0.2, 0.25) is 5.91 Å². The standard InChI is InChI=1S/C13H18N2O2/c1-15(12(17)13(14)7-2-8-13)9-10-3-5-11(16)6-4-10/h3-6,16H,2,7-9,14H2,1H3. The number of benzene rings is 1. The number of rotatable bonds is 3. The Hall–Kier alpha value is -1.55. The first-order chi connectivity index (χ1) is 8.01. The normalized spacial score (nSPS) is 17.3. The van der Waals surface area contributed by atoms with Crippen molar-refractivity contribution in [3.8, 4) is 5.75 Å². The number of amides is 1. The lowest BCUT2D eigenvalue weighted by Gasteiger charge is -2.39. The SMILES string of the molecule is CN(Cc1ccc(O)cc1)C(=O)C1(N)CCC1. The minimum Gasteiger partial charge on any atom is -0.508 e. The van der Waals surface area contributed by atoms with Crippen LogP contribution in [0.3, 0.4) is 0 Å². The molecule has 0 saturated heterocycles. The first kappa shape index (κ1) is 11.9. The van der Waals surface area contributed by atoms with Crippen molar-refractivity contribution in [1.29, 1.82) is 0 Å². The summed E-state index contributed by atoms with van der Waals surface area (Å²) in [5.41, 5.74) is 6.35. The van der Waals surface area contributed by atoms with Crippen LogP contribution < -0.4 is 5.73 Å². The Kier molecular flexibility index (Phi) is 3.07. The van der Waals surface area contributed by atoms with E-state index in [1.54, 1.807) is 24.1 Å². The number of nitrogens with two attached hydrogens (primary N) is 1. The molecular weight excluding hydrogens is 216 g/mol. The first-order valence-electron chi connectivity index (χ1n) is 5.84. The van der Waals surface area contributed by atoms with E-state index in [1.165, 1.54) is 0 Å². The Bertz CT molecular complexity index is 410. The van der Waals surface area contributed by atoms with Crippen molar-refractivity contribution in [1.82, 2.24) is 4.90 Å². The lowest BCUT2D eigenvalue weighted by Crippen LogP contribution is -2.58. The molecule has 0 spiro atoms. The number of aromatic hydroxyl groups is 1. The van der Waals surface area contributed by atoms with E-state index >= 15 is 0 Å². The molecule has 2 rings (SSSR count). The lowest BCUT2D eigenvalue weighted by molar-refractivity contribution is -0.139. The Morgan fingerprint density at radius 1 is 1.41 bits per heavy atom. The fourth-order valence-corrected chi connectivity index (χ4v) is 2.10. The summed E-state index contributed by atoms with van der Waals surface area (Å²) in [5, 5.41) is 9.18. The summed E-state index contributed by atoms with van der Waals surface area (Å²) in [6.45, 7) is 0.526. The molecule has 92 valence electrons. The van der Waals surface area contributed by atoms with Crippen LogP contribution in [0.4, 0.5) is 0 Å². The van der Waals surface area contributed by atoms with Crippen LogP contribution in [0.25, 0.3) is 0 Å². The molecule has 3 N–H and O–H groups in total. The number of phenolic OH excluding ortho intramolecular Hbond substituents is 1. The van der Waals surface area contributed by atoms with Gasteiger partial charge in [-0.25, -0.2) is 0 Å². The predicted octanol–water partition coefficient (Wildman–Crippen LogP) is 1.23. The number of likely N-dealkylation sites (N-methyl/N-ethyl adjacent to an activating group) is 1. The van der Waals surface area contributed by atoms with Gasteiger partial charge in [-0.15, -0.1) is 0 Å². The van der Waals surface area contributed by atoms with Crippen molar-refractivity contribution in [2.75, 3.05) is 7.05 Å². The van der Waals surface area contributed by atoms with Crippen LogP contribution in [0.1, 0.15) is 24.8 Å². The van der Waals surface area contributed by atoms with Gasteiger partial charge in [-0.2, -0.15) is 0 Å². The summed E-state index contributed by atoms with van der Waals surface area (Å²) < 4.78 is 0. The van der Waals surface area contributed by atoms with Crippen molar-refractivity contribution < 1.29 is 9.90 Å². The molecule has 1 aliphatic rings. The summed E-state index contributed by atoms with van der Waals surface area (Å²) in [5.74, 6) is 0.244. The van der Waals surface area contributed by atoms with Crippen LogP contribution in [0.2, 0.25) is 0 Å². The molecule has 4 nitrogen and oxygen atoms in total. The second-order valence-corrected chi connectivity index (χ2v) is 4.84. The first-order valence-corrected chi connectivity index (χ1v) is 5.84. The minimum absolute atomic E-state index is 0.0109. The zero-order valence-electron chi connectivity index (χ0n) is 10.0. The van der Waals surface area contributed by atoms with Crippen molar-refractivity contribution in [2.45, 2.75) is 31.3 Å². The van der Waals surface area contributed by atoms with Crippen LogP contribution in [-0.4, -0.2) is 28.5 Å². The minimum atomic E-state index is -0.633. The van der Waals surface area contributed by atoms with Crippen LogP contribution in [0, 0.1) is 0 Å². The molecule has 0 unspecified atom stereocenters. The van der Waals surface area contributed by atoms with Gasteiger partial charge >= 0.3 is 0 Å². The van der Waals surface area contributed by atoms with Gasteiger partial charge in [0.05, 0.1) is 5.54 Å². The fraction of sp³-hybridized carbons (Fsp3) is 0.462. The smallest absolute Gasteiger partial charge is 0.242 e. The molecule has 0 radical (unpaired) electrons. The molecule has 1 fully saturated rings. The van der Waals surface area contributed by atoms with E-state index in [0.29, 0.717) is 6.54 Å². The molecule has 1 amide bonds. The molecule has 0 bridgehead atoms. The summed E-state index contributed by atoms with van der Waals surface area (Å²) in [7, 11) is 1.77. The van der Waals surface area contributed by atoms with E-state index in [9.17, 15) is 9.90 Å². The number of carbonyl (C=O) groups is 1. The quantitative estimate of drug-likeness (QED) is 0.826. The second kappa shape index (κ2) is 4.37. The highest BCUT2D eigenvalue weighted by molar-refractivity contribution is 5.86. The van der Waals surface area contributed by atoms with Crippen LogP contribution in [0.5, 0.6) is 5.75 Å². The summed E-state index contributed by atoms with van der Waals surface area (Å²) in [4.78, 5) is 13.7. The van der Waals surface area contributed by atoms with Gasteiger partial charge in [0.25, 0.3) is 0 Å². The van der Waals surface area contributed by atoms with Gasteiger partial charge in [-0.3, -0.25) is 4.79 Å². The monoisotopic (exact) mass is 234 g/mol. The van der Waals surface area contributed by atoms with Crippen molar-refractivity contribution in [2.24, 2.45) is 5.73 Å². The number of phenols is 1. The van der Waals surface area contributed by atoms with E-state index in [2.05, 4.69) is 0 Å². The summed E-state index contributed by atoms with van der Waals surface area (Å²) in [6, 6.07) is 6.86. The average Bonchev–Trinajstić information content (AvgIpc) is 2.28. The van der Waals surface area contributed by atoms with E-state index in [4.69, 9.17) is 5.73 Å².